The number of amides is 3. The van der Waals surface area contributed by atoms with Gasteiger partial charge in [0.05, 0.1) is 35.8 Å². The van der Waals surface area contributed by atoms with Gasteiger partial charge in [0, 0.05) is 36.1 Å². The molecule has 220 valence electrons. The molecule has 4 aromatic rings. The summed E-state index contributed by atoms with van der Waals surface area (Å²) in [5.74, 6) is -1.01. The fraction of sp³-hybridized carbons (Fsp3) is 0.226. The third-order valence-electron chi connectivity index (χ3n) is 7.76. The second kappa shape index (κ2) is 11.4. The SMILES string of the molecule is COC(=O)Nc1ccc(-c2ncc(C(Cc3ccccc3)C(=O)N3CC[C@@]4(C3)OC(=O)Nc3ccc(Cl)c(F)c34)[nH]2)cc1. The van der Waals surface area contributed by atoms with Gasteiger partial charge in [0.15, 0.2) is 11.4 Å². The number of nitrogens with zero attached hydrogens (tertiary/aromatic N) is 2. The van der Waals surface area contributed by atoms with Crippen LogP contribution >= 0.6 is 11.6 Å². The monoisotopic (exact) mass is 603 g/mol. The van der Waals surface area contributed by atoms with Gasteiger partial charge in [-0.1, -0.05) is 41.9 Å². The lowest BCUT2D eigenvalue weighted by atomic mass is 9.89. The molecule has 0 saturated carbocycles. The molecule has 1 unspecified atom stereocenters. The van der Waals surface area contributed by atoms with E-state index in [0.717, 1.165) is 11.1 Å². The minimum Gasteiger partial charge on any atom is -0.453 e. The van der Waals surface area contributed by atoms with Gasteiger partial charge in [-0.25, -0.2) is 19.0 Å². The number of rotatable bonds is 6. The number of fused-ring (bicyclic) bond motifs is 2. The predicted octanol–water partition coefficient (Wildman–Crippen LogP) is 6.06. The Bertz CT molecular complexity index is 1700. The van der Waals surface area contributed by atoms with Crippen LogP contribution in [0.3, 0.4) is 0 Å². The Morgan fingerprint density at radius 1 is 1.16 bits per heavy atom. The van der Waals surface area contributed by atoms with E-state index in [1.807, 2.05) is 30.3 Å². The van der Waals surface area contributed by atoms with Crippen LogP contribution in [0.4, 0.5) is 25.4 Å². The van der Waals surface area contributed by atoms with E-state index in [1.54, 1.807) is 35.4 Å². The molecule has 10 nitrogen and oxygen atoms in total. The van der Waals surface area contributed by atoms with E-state index in [9.17, 15) is 14.4 Å². The van der Waals surface area contributed by atoms with Gasteiger partial charge >= 0.3 is 12.2 Å². The number of carbonyl (C=O) groups is 3. The molecule has 12 heteroatoms. The number of nitrogens with one attached hydrogen (secondary N) is 3. The quantitative estimate of drug-likeness (QED) is 0.246. The van der Waals surface area contributed by atoms with Crippen LogP contribution in [0.15, 0.2) is 72.9 Å². The first-order chi connectivity index (χ1) is 20.8. The Kier molecular flexibility index (Phi) is 7.49. The zero-order valence-corrected chi connectivity index (χ0v) is 23.8. The molecular weight excluding hydrogens is 577 g/mol. The minimum atomic E-state index is -1.36. The molecule has 3 N–H and O–H groups in total. The molecule has 2 aliphatic heterocycles. The molecule has 0 bridgehead atoms. The number of H-pyrrole nitrogens is 1. The van der Waals surface area contributed by atoms with Crippen LogP contribution in [0.25, 0.3) is 11.4 Å². The van der Waals surface area contributed by atoms with Crippen LogP contribution < -0.4 is 10.6 Å². The first-order valence-corrected chi connectivity index (χ1v) is 14.0. The topological polar surface area (TPSA) is 126 Å². The number of imidazole rings is 1. The molecule has 1 aromatic heterocycles. The third-order valence-corrected chi connectivity index (χ3v) is 8.05. The highest BCUT2D eigenvalue weighted by atomic mass is 35.5. The smallest absolute Gasteiger partial charge is 0.412 e. The van der Waals surface area contributed by atoms with E-state index in [2.05, 4.69) is 25.3 Å². The number of methoxy groups -OCH3 is 1. The summed E-state index contributed by atoms with van der Waals surface area (Å²) in [6.07, 6.45) is 0.939. The average molecular weight is 604 g/mol. The Labute approximate surface area is 251 Å². The number of aromatic amines is 1. The Hall–Kier alpha value is -4.90. The molecule has 6 rings (SSSR count). The summed E-state index contributed by atoms with van der Waals surface area (Å²) >= 11 is 6.09. The maximum atomic E-state index is 15.3. The summed E-state index contributed by atoms with van der Waals surface area (Å²) in [5.41, 5.74) is 1.90. The van der Waals surface area contributed by atoms with Crippen molar-refractivity contribution >= 4 is 41.1 Å². The van der Waals surface area contributed by atoms with Crippen LogP contribution in [0.1, 0.15) is 29.2 Å². The van der Waals surface area contributed by atoms with Crippen molar-refractivity contribution in [2.75, 3.05) is 30.8 Å². The summed E-state index contributed by atoms with van der Waals surface area (Å²) < 4.78 is 25.6. The van der Waals surface area contributed by atoms with Crippen molar-refractivity contribution in [3.8, 4) is 11.4 Å². The third kappa shape index (κ3) is 5.51. The highest BCUT2D eigenvalue weighted by Crippen LogP contribution is 2.46. The number of halogens is 2. The van der Waals surface area contributed by atoms with Crippen LogP contribution in [0, 0.1) is 5.82 Å². The van der Waals surface area contributed by atoms with Gasteiger partial charge in [-0.3, -0.25) is 15.4 Å². The summed E-state index contributed by atoms with van der Waals surface area (Å²) in [6, 6.07) is 19.5. The Morgan fingerprint density at radius 3 is 2.67 bits per heavy atom. The largest absolute Gasteiger partial charge is 0.453 e. The number of anilines is 2. The lowest BCUT2D eigenvalue weighted by Gasteiger charge is -2.36. The molecule has 1 saturated heterocycles. The van der Waals surface area contributed by atoms with Crippen molar-refractivity contribution in [3.63, 3.8) is 0 Å². The normalized spacial score (nSPS) is 18.0. The van der Waals surface area contributed by atoms with E-state index in [-0.39, 0.29) is 41.7 Å². The minimum absolute atomic E-state index is 0.0234. The van der Waals surface area contributed by atoms with E-state index in [1.165, 1.54) is 19.2 Å². The van der Waals surface area contributed by atoms with Crippen LogP contribution in [0.2, 0.25) is 5.02 Å². The molecular formula is C31H27ClFN5O5. The van der Waals surface area contributed by atoms with Gasteiger partial charge in [0.25, 0.3) is 0 Å². The number of aromatic nitrogens is 2. The molecule has 1 spiro atoms. The number of benzene rings is 3. The standard InChI is InChI=1S/C31H27ClFN5O5/c1-42-29(40)35-20-9-7-19(8-10-20)27-34-16-24(36-27)21(15-18-5-3-2-4-6-18)28(39)38-14-13-31(17-38)25-23(37-30(41)43-31)12-11-22(32)26(25)33/h2-12,16,21H,13-15,17H2,1H3,(H,34,36)(H,35,40)(H,37,41)/t21?,31-/m0/s1. The van der Waals surface area contributed by atoms with Gasteiger partial charge in [-0.2, -0.15) is 0 Å². The number of hydrogen-bond acceptors (Lipinski definition) is 6. The molecule has 1 fully saturated rings. The zero-order chi connectivity index (χ0) is 30.1. The Morgan fingerprint density at radius 2 is 1.93 bits per heavy atom. The Balaban J connectivity index is 1.29. The molecule has 3 amide bonds. The van der Waals surface area contributed by atoms with Crippen molar-refractivity contribution in [3.05, 3.63) is 101 Å². The van der Waals surface area contributed by atoms with E-state index < -0.39 is 29.5 Å². The predicted molar refractivity (Wildman–Crippen MR) is 157 cm³/mol. The highest BCUT2D eigenvalue weighted by molar-refractivity contribution is 6.31. The fourth-order valence-electron chi connectivity index (χ4n) is 5.66. The molecule has 0 radical (unpaired) electrons. The first-order valence-electron chi connectivity index (χ1n) is 13.6. The summed E-state index contributed by atoms with van der Waals surface area (Å²) in [6.45, 7) is 0.225. The van der Waals surface area contributed by atoms with Gasteiger partial charge in [-0.05, 0) is 48.4 Å². The van der Waals surface area contributed by atoms with Crippen molar-refractivity contribution in [1.82, 2.24) is 14.9 Å². The van der Waals surface area contributed by atoms with Crippen LogP contribution in [0.5, 0.6) is 0 Å². The molecule has 2 atom stereocenters. The van der Waals surface area contributed by atoms with Gasteiger partial charge in [0.2, 0.25) is 5.91 Å². The van der Waals surface area contributed by atoms with Gasteiger partial charge < -0.3 is 19.4 Å². The van der Waals surface area contributed by atoms with Crippen molar-refractivity contribution in [1.29, 1.82) is 0 Å². The maximum Gasteiger partial charge on any atom is 0.412 e. The van der Waals surface area contributed by atoms with Crippen molar-refractivity contribution in [2.45, 2.75) is 24.4 Å². The van der Waals surface area contributed by atoms with Crippen molar-refractivity contribution < 1.29 is 28.2 Å². The van der Waals surface area contributed by atoms with Crippen LogP contribution in [-0.4, -0.2) is 53.2 Å². The maximum absolute atomic E-state index is 15.3. The molecule has 2 aliphatic rings. The van der Waals surface area contributed by atoms with E-state index in [4.69, 9.17) is 16.3 Å². The molecule has 3 aromatic carbocycles. The number of carbonyl (C=O) groups excluding carboxylic acids is 3. The molecule has 3 heterocycles. The zero-order valence-electron chi connectivity index (χ0n) is 23.0. The molecule has 43 heavy (non-hydrogen) atoms. The van der Waals surface area contributed by atoms with E-state index >= 15 is 4.39 Å². The highest BCUT2D eigenvalue weighted by Gasteiger charge is 2.51. The van der Waals surface area contributed by atoms with Gasteiger partial charge in [0.1, 0.15) is 5.82 Å². The first kappa shape index (κ1) is 28.2. The van der Waals surface area contributed by atoms with Gasteiger partial charge in [-0.15, -0.1) is 0 Å². The van der Waals surface area contributed by atoms with Crippen molar-refractivity contribution in [2.24, 2.45) is 0 Å². The second-order valence-electron chi connectivity index (χ2n) is 10.4. The summed E-state index contributed by atoms with van der Waals surface area (Å²) in [5, 5.41) is 5.04. The molecule has 0 aliphatic carbocycles. The van der Waals surface area contributed by atoms with E-state index in [0.29, 0.717) is 23.6 Å². The number of likely N-dealkylation sites (tertiary alicyclic amines) is 1. The fourth-order valence-corrected chi connectivity index (χ4v) is 5.82. The summed E-state index contributed by atoms with van der Waals surface area (Å²) in [7, 11) is 1.29. The lowest BCUT2D eigenvalue weighted by Crippen LogP contribution is -2.44. The second-order valence-corrected chi connectivity index (χ2v) is 10.8. The van der Waals surface area contributed by atoms with Crippen LogP contribution in [-0.2, 0) is 26.3 Å². The lowest BCUT2D eigenvalue weighted by molar-refractivity contribution is -0.133. The summed E-state index contributed by atoms with van der Waals surface area (Å²) in [4.78, 5) is 47.6. The number of hydrogen-bond donors (Lipinski definition) is 3. The average Bonchev–Trinajstić information content (AvgIpc) is 3.66. The number of ether oxygens (including phenoxy) is 2.